The van der Waals surface area contributed by atoms with Gasteiger partial charge < -0.3 is 0 Å². The first-order chi connectivity index (χ1) is 8.22. The second-order valence-electron chi connectivity index (χ2n) is 4.49. The highest BCUT2D eigenvalue weighted by atomic mass is 32.2. The molecular weight excluding hydrogens is 248 g/mol. The van der Waals surface area contributed by atoms with E-state index in [1.54, 1.807) is 0 Å². The number of benzene rings is 1. The molecule has 0 radical (unpaired) electrons. The van der Waals surface area contributed by atoms with Crippen LogP contribution in [0.1, 0.15) is 22.7 Å². The van der Waals surface area contributed by atoms with E-state index in [1.807, 2.05) is 23.5 Å². The van der Waals surface area contributed by atoms with E-state index < -0.39 is 0 Å². The highest BCUT2D eigenvalue weighted by molar-refractivity contribution is 8.06. The van der Waals surface area contributed by atoms with Crippen LogP contribution in [-0.2, 0) is 0 Å². The lowest BCUT2D eigenvalue weighted by molar-refractivity contribution is 0.550. The molecule has 0 amide bonds. The van der Waals surface area contributed by atoms with Gasteiger partial charge in [-0.2, -0.15) is 23.5 Å². The predicted molar refractivity (Wildman–Crippen MR) is 79.6 cm³/mol. The molecule has 17 heavy (non-hydrogen) atoms. The minimum atomic E-state index is 0.272. The van der Waals surface area contributed by atoms with Gasteiger partial charge in [-0.15, -0.1) is 0 Å². The molecule has 0 aliphatic carbocycles. The summed E-state index contributed by atoms with van der Waals surface area (Å²) in [6.07, 6.45) is 0. The van der Waals surface area contributed by atoms with Gasteiger partial charge in [0.1, 0.15) is 0 Å². The smallest absolute Gasteiger partial charge is 0.0589 e. The molecule has 0 saturated carbocycles. The van der Waals surface area contributed by atoms with Crippen LogP contribution in [0.2, 0.25) is 0 Å². The normalized spacial score (nSPS) is 22.4. The molecule has 3 N–H and O–H groups in total. The van der Waals surface area contributed by atoms with Crippen LogP contribution in [0.15, 0.2) is 18.2 Å². The molecule has 1 heterocycles. The van der Waals surface area contributed by atoms with Gasteiger partial charge in [-0.25, -0.2) is 0 Å². The summed E-state index contributed by atoms with van der Waals surface area (Å²) in [4.78, 5) is 0. The topological polar surface area (TPSA) is 38.0 Å². The van der Waals surface area contributed by atoms with Crippen molar-refractivity contribution in [2.24, 2.45) is 5.84 Å². The molecule has 1 aromatic rings. The fourth-order valence-electron chi connectivity index (χ4n) is 2.27. The molecule has 4 heteroatoms. The van der Waals surface area contributed by atoms with Gasteiger partial charge in [0.25, 0.3) is 0 Å². The third-order valence-electron chi connectivity index (χ3n) is 3.15. The fourth-order valence-corrected chi connectivity index (χ4v) is 5.11. The molecule has 2 atom stereocenters. The fraction of sp³-hybridized carbons (Fsp3) is 0.538. The van der Waals surface area contributed by atoms with E-state index in [0.717, 1.165) is 0 Å². The van der Waals surface area contributed by atoms with E-state index in [2.05, 4.69) is 37.5 Å². The summed E-state index contributed by atoms with van der Waals surface area (Å²) >= 11 is 4.07. The van der Waals surface area contributed by atoms with Gasteiger partial charge in [-0.3, -0.25) is 11.3 Å². The monoisotopic (exact) mass is 268 g/mol. The van der Waals surface area contributed by atoms with Crippen molar-refractivity contribution in [3.05, 3.63) is 34.9 Å². The third-order valence-corrected chi connectivity index (χ3v) is 6.02. The van der Waals surface area contributed by atoms with Gasteiger partial charge in [0.15, 0.2) is 0 Å². The molecule has 2 nitrogen and oxygen atoms in total. The van der Waals surface area contributed by atoms with E-state index in [0.29, 0.717) is 5.25 Å². The van der Waals surface area contributed by atoms with E-state index >= 15 is 0 Å². The van der Waals surface area contributed by atoms with Crippen LogP contribution in [0, 0.1) is 13.8 Å². The van der Waals surface area contributed by atoms with Gasteiger partial charge >= 0.3 is 0 Å². The lowest BCUT2D eigenvalue weighted by Gasteiger charge is -2.30. The Labute approximate surface area is 112 Å². The van der Waals surface area contributed by atoms with Crippen molar-refractivity contribution in [3.8, 4) is 0 Å². The van der Waals surface area contributed by atoms with E-state index in [9.17, 15) is 0 Å². The summed E-state index contributed by atoms with van der Waals surface area (Å²) in [6.45, 7) is 4.31. The van der Waals surface area contributed by atoms with Crippen molar-refractivity contribution >= 4 is 23.5 Å². The first-order valence-corrected chi connectivity index (χ1v) is 8.15. The van der Waals surface area contributed by atoms with Crippen molar-refractivity contribution in [3.63, 3.8) is 0 Å². The molecule has 0 aromatic heterocycles. The molecule has 0 spiro atoms. The Hall–Kier alpha value is -0.160. The molecule has 94 valence electrons. The minimum Gasteiger partial charge on any atom is -0.271 e. The number of hydrogen-bond donors (Lipinski definition) is 2. The predicted octanol–water partition coefficient (Wildman–Crippen LogP) is 2.66. The summed E-state index contributed by atoms with van der Waals surface area (Å²) in [5.41, 5.74) is 7.01. The zero-order valence-corrected chi connectivity index (χ0v) is 12.0. The number of nitrogens with two attached hydrogens (primary N) is 1. The van der Waals surface area contributed by atoms with Crippen molar-refractivity contribution in [1.29, 1.82) is 0 Å². The molecule has 1 saturated heterocycles. The summed E-state index contributed by atoms with van der Waals surface area (Å²) in [5.74, 6) is 9.46. The van der Waals surface area contributed by atoms with Crippen LogP contribution in [0.3, 0.4) is 0 Å². The Morgan fingerprint density at radius 1 is 1.35 bits per heavy atom. The molecule has 2 unspecified atom stereocenters. The average Bonchev–Trinajstić information content (AvgIpc) is 2.34. The first-order valence-electron chi connectivity index (χ1n) is 5.95. The van der Waals surface area contributed by atoms with Gasteiger partial charge in [-0.05, 0) is 25.0 Å². The van der Waals surface area contributed by atoms with Crippen molar-refractivity contribution in [2.45, 2.75) is 25.1 Å². The van der Waals surface area contributed by atoms with Crippen LogP contribution in [0.5, 0.6) is 0 Å². The first kappa shape index (κ1) is 13.3. The van der Waals surface area contributed by atoms with E-state index in [4.69, 9.17) is 5.84 Å². The third kappa shape index (κ3) is 3.19. The Morgan fingerprint density at radius 3 is 2.76 bits per heavy atom. The van der Waals surface area contributed by atoms with E-state index in [-0.39, 0.29) is 6.04 Å². The van der Waals surface area contributed by atoms with Crippen molar-refractivity contribution in [1.82, 2.24) is 5.43 Å². The maximum atomic E-state index is 5.77. The van der Waals surface area contributed by atoms with Crippen molar-refractivity contribution in [2.75, 3.05) is 17.3 Å². The standard InChI is InChI=1S/C13H20N2S2/c1-9-3-4-11(10(2)7-9)13(15-14)12-8-16-5-6-17-12/h3-4,7,12-13,15H,5-6,8,14H2,1-2H3. The Bertz CT molecular complexity index is 376. The van der Waals surface area contributed by atoms with Gasteiger partial charge in [-0.1, -0.05) is 23.8 Å². The quantitative estimate of drug-likeness (QED) is 0.653. The number of aryl methyl sites for hydroxylation is 2. The lowest BCUT2D eigenvalue weighted by atomic mass is 9.98. The highest BCUT2D eigenvalue weighted by Crippen LogP contribution is 2.34. The average molecular weight is 268 g/mol. The minimum absolute atomic E-state index is 0.272. The van der Waals surface area contributed by atoms with E-state index in [1.165, 1.54) is 33.9 Å². The molecule has 1 fully saturated rings. The van der Waals surface area contributed by atoms with Crippen LogP contribution in [-0.4, -0.2) is 22.5 Å². The number of hydrazine groups is 1. The number of thioether (sulfide) groups is 2. The summed E-state index contributed by atoms with van der Waals surface area (Å²) < 4.78 is 0. The molecule has 2 rings (SSSR count). The SMILES string of the molecule is Cc1ccc(C(NN)C2CSCCS2)c(C)c1. The molecule has 1 aromatic carbocycles. The summed E-state index contributed by atoms with van der Waals surface area (Å²) in [6, 6.07) is 6.90. The molecule has 0 bridgehead atoms. The zero-order valence-electron chi connectivity index (χ0n) is 10.4. The lowest BCUT2D eigenvalue weighted by Crippen LogP contribution is -2.38. The zero-order chi connectivity index (χ0) is 12.3. The molecule has 1 aliphatic rings. The summed E-state index contributed by atoms with van der Waals surface area (Å²) in [7, 11) is 0. The largest absolute Gasteiger partial charge is 0.271 e. The number of hydrogen-bond acceptors (Lipinski definition) is 4. The maximum Gasteiger partial charge on any atom is 0.0589 e. The highest BCUT2D eigenvalue weighted by Gasteiger charge is 2.26. The maximum absolute atomic E-state index is 5.77. The number of nitrogens with one attached hydrogen (secondary N) is 1. The Kier molecular flexibility index (Phi) is 4.79. The van der Waals surface area contributed by atoms with Crippen LogP contribution in [0.4, 0.5) is 0 Å². The summed E-state index contributed by atoms with van der Waals surface area (Å²) in [5, 5.41) is 0.583. The second-order valence-corrected chi connectivity index (χ2v) is 6.99. The Balaban J connectivity index is 2.21. The molecule has 1 aliphatic heterocycles. The second kappa shape index (κ2) is 6.14. The molecular formula is C13H20N2S2. The van der Waals surface area contributed by atoms with Gasteiger partial charge in [0.2, 0.25) is 0 Å². The van der Waals surface area contributed by atoms with Gasteiger partial charge in [0.05, 0.1) is 6.04 Å². The van der Waals surface area contributed by atoms with Crippen molar-refractivity contribution < 1.29 is 0 Å². The van der Waals surface area contributed by atoms with Crippen LogP contribution in [0.25, 0.3) is 0 Å². The Morgan fingerprint density at radius 2 is 2.18 bits per heavy atom. The van der Waals surface area contributed by atoms with Gasteiger partial charge in [0, 0.05) is 22.5 Å². The van der Waals surface area contributed by atoms with Crippen LogP contribution >= 0.6 is 23.5 Å². The number of rotatable bonds is 3. The van der Waals surface area contributed by atoms with Crippen LogP contribution < -0.4 is 11.3 Å².